The minimum absolute atomic E-state index is 0.0107. The van der Waals surface area contributed by atoms with Crippen LogP contribution in [0.25, 0.3) is 0 Å². The van der Waals surface area contributed by atoms with E-state index in [1.54, 1.807) is 25.4 Å². The number of aromatic nitrogens is 1. The number of anilines is 1. The molecule has 0 radical (unpaired) electrons. The van der Waals surface area contributed by atoms with Crippen molar-refractivity contribution in [2.45, 2.75) is 13.0 Å². The third kappa shape index (κ3) is 2.90. The van der Waals surface area contributed by atoms with E-state index in [0.717, 1.165) is 11.6 Å². The van der Waals surface area contributed by atoms with Gasteiger partial charge in [-0.25, -0.2) is 8.78 Å². The standard InChI is InChI=1S/C14H13F2N3O/c1-8(9-3-2-4-18-7-9)19-13-5-10(14(17)20)11(15)6-12(13)16/h2-8,19H,1H3,(H2,17,20). The first-order chi connectivity index (χ1) is 9.49. The summed E-state index contributed by atoms with van der Waals surface area (Å²) in [5, 5.41) is 2.86. The topological polar surface area (TPSA) is 68.0 Å². The van der Waals surface area contributed by atoms with Crippen LogP contribution in [0.15, 0.2) is 36.7 Å². The predicted molar refractivity (Wildman–Crippen MR) is 71.2 cm³/mol. The second kappa shape index (κ2) is 5.64. The van der Waals surface area contributed by atoms with Gasteiger partial charge in [0.1, 0.15) is 11.6 Å². The minimum atomic E-state index is -0.977. The number of primary amides is 1. The fourth-order valence-corrected chi connectivity index (χ4v) is 1.80. The normalized spacial score (nSPS) is 11.9. The van der Waals surface area contributed by atoms with Gasteiger partial charge in [0.05, 0.1) is 17.3 Å². The Labute approximate surface area is 114 Å². The molecule has 0 saturated heterocycles. The summed E-state index contributed by atoms with van der Waals surface area (Å²) in [6.45, 7) is 1.80. The molecule has 4 nitrogen and oxygen atoms in total. The minimum Gasteiger partial charge on any atom is -0.376 e. The molecular formula is C14H13F2N3O. The summed E-state index contributed by atoms with van der Waals surface area (Å²) in [4.78, 5) is 15.0. The maximum atomic E-state index is 13.7. The Kier molecular flexibility index (Phi) is 3.93. The van der Waals surface area contributed by atoms with E-state index in [-0.39, 0.29) is 17.3 Å². The summed E-state index contributed by atoms with van der Waals surface area (Å²) >= 11 is 0. The molecule has 0 saturated carbocycles. The van der Waals surface area contributed by atoms with Gasteiger partial charge in [0.25, 0.3) is 5.91 Å². The van der Waals surface area contributed by atoms with Crippen LogP contribution in [0.3, 0.4) is 0 Å². The van der Waals surface area contributed by atoms with Crippen molar-refractivity contribution >= 4 is 11.6 Å². The van der Waals surface area contributed by atoms with E-state index in [9.17, 15) is 13.6 Å². The van der Waals surface area contributed by atoms with Crippen molar-refractivity contribution in [3.05, 3.63) is 59.4 Å². The quantitative estimate of drug-likeness (QED) is 0.902. The number of nitrogens with two attached hydrogens (primary N) is 1. The fraction of sp³-hybridized carbons (Fsp3) is 0.143. The second-order valence-corrected chi connectivity index (χ2v) is 4.33. The van der Waals surface area contributed by atoms with Gasteiger partial charge in [-0.15, -0.1) is 0 Å². The van der Waals surface area contributed by atoms with E-state index in [0.29, 0.717) is 6.07 Å². The van der Waals surface area contributed by atoms with Gasteiger partial charge in [-0.2, -0.15) is 0 Å². The zero-order chi connectivity index (χ0) is 14.7. The van der Waals surface area contributed by atoms with Crippen molar-refractivity contribution in [3.8, 4) is 0 Å². The van der Waals surface area contributed by atoms with Crippen LogP contribution in [0, 0.1) is 11.6 Å². The van der Waals surface area contributed by atoms with Crippen LogP contribution >= 0.6 is 0 Å². The third-order valence-electron chi connectivity index (χ3n) is 2.88. The van der Waals surface area contributed by atoms with Crippen LogP contribution in [0.2, 0.25) is 0 Å². The molecule has 1 aromatic heterocycles. The fourth-order valence-electron chi connectivity index (χ4n) is 1.80. The van der Waals surface area contributed by atoms with Gasteiger partial charge < -0.3 is 11.1 Å². The smallest absolute Gasteiger partial charge is 0.251 e. The number of carbonyl (C=O) groups is 1. The maximum Gasteiger partial charge on any atom is 0.251 e. The Balaban J connectivity index is 2.29. The molecule has 2 rings (SSSR count). The van der Waals surface area contributed by atoms with Crippen molar-refractivity contribution < 1.29 is 13.6 Å². The highest BCUT2D eigenvalue weighted by atomic mass is 19.1. The van der Waals surface area contributed by atoms with Crippen molar-refractivity contribution in [2.24, 2.45) is 5.73 Å². The number of carbonyl (C=O) groups excluding carboxylic acids is 1. The zero-order valence-corrected chi connectivity index (χ0v) is 10.7. The van der Waals surface area contributed by atoms with Crippen LogP contribution in [0.1, 0.15) is 28.9 Å². The lowest BCUT2D eigenvalue weighted by atomic mass is 10.1. The Morgan fingerprint density at radius 1 is 1.35 bits per heavy atom. The summed E-state index contributed by atoms with van der Waals surface area (Å²) in [7, 11) is 0. The second-order valence-electron chi connectivity index (χ2n) is 4.33. The molecule has 0 aliphatic heterocycles. The average Bonchev–Trinajstić information content (AvgIpc) is 2.42. The maximum absolute atomic E-state index is 13.7. The molecule has 104 valence electrons. The van der Waals surface area contributed by atoms with Gasteiger partial charge in [0.15, 0.2) is 0 Å². The monoisotopic (exact) mass is 277 g/mol. The lowest BCUT2D eigenvalue weighted by Crippen LogP contribution is -2.15. The van der Waals surface area contributed by atoms with Crippen molar-refractivity contribution in [1.82, 2.24) is 4.98 Å². The molecule has 6 heteroatoms. The number of pyridine rings is 1. The van der Waals surface area contributed by atoms with E-state index < -0.39 is 17.5 Å². The summed E-state index contributed by atoms with van der Waals surface area (Å²) in [5.41, 5.74) is 5.52. The molecular weight excluding hydrogens is 264 g/mol. The number of nitrogens with zero attached hydrogens (tertiary/aromatic N) is 1. The predicted octanol–water partition coefficient (Wildman–Crippen LogP) is 2.63. The number of halogens is 2. The molecule has 0 spiro atoms. The van der Waals surface area contributed by atoms with Gasteiger partial charge in [-0.1, -0.05) is 6.07 Å². The third-order valence-corrected chi connectivity index (χ3v) is 2.88. The van der Waals surface area contributed by atoms with Crippen molar-refractivity contribution in [2.75, 3.05) is 5.32 Å². The molecule has 1 amide bonds. The summed E-state index contributed by atoms with van der Waals surface area (Å²) in [6, 6.07) is 5.02. The molecule has 2 aromatic rings. The number of benzene rings is 1. The van der Waals surface area contributed by atoms with E-state index in [1.807, 2.05) is 6.07 Å². The molecule has 0 bridgehead atoms. The zero-order valence-electron chi connectivity index (χ0n) is 10.7. The number of hydrogen-bond acceptors (Lipinski definition) is 3. The molecule has 20 heavy (non-hydrogen) atoms. The first-order valence-corrected chi connectivity index (χ1v) is 5.94. The summed E-state index contributed by atoms with van der Waals surface area (Å²) in [6.07, 6.45) is 3.26. The van der Waals surface area contributed by atoms with E-state index >= 15 is 0 Å². The van der Waals surface area contributed by atoms with Crippen molar-refractivity contribution in [3.63, 3.8) is 0 Å². The Bertz CT molecular complexity index is 632. The van der Waals surface area contributed by atoms with E-state index in [2.05, 4.69) is 10.3 Å². The first kappa shape index (κ1) is 13.9. The molecule has 1 aromatic carbocycles. The Hall–Kier alpha value is -2.50. The molecule has 0 aliphatic carbocycles. The molecule has 1 heterocycles. The average molecular weight is 277 g/mol. The summed E-state index contributed by atoms with van der Waals surface area (Å²) in [5.74, 6) is -2.71. The SMILES string of the molecule is CC(Nc1cc(C(N)=O)c(F)cc1F)c1cccnc1. The number of amides is 1. The number of nitrogens with one attached hydrogen (secondary N) is 1. The van der Waals surface area contributed by atoms with Gasteiger partial charge >= 0.3 is 0 Å². The Morgan fingerprint density at radius 2 is 2.10 bits per heavy atom. The lowest BCUT2D eigenvalue weighted by molar-refractivity contribution is 0.0996. The van der Waals surface area contributed by atoms with E-state index in [4.69, 9.17) is 5.73 Å². The van der Waals surface area contributed by atoms with Crippen LogP contribution in [0.4, 0.5) is 14.5 Å². The summed E-state index contributed by atoms with van der Waals surface area (Å²) < 4.78 is 27.1. The molecule has 1 atom stereocenters. The highest BCUT2D eigenvalue weighted by Gasteiger charge is 2.15. The van der Waals surface area contributed by atoms with Crippen molar-refractivity contribution in [1.29, 1.82) is 0 Å². The molecule has 3 N–H and O–H groups in total. The largest absolute Gasteiger partial charge is 0.376 e. The number of rotatable bonds is 4. The van der Waals surface area contributed by atoms with Gasteiger partial charge in [0, 0.05) is 18.5 Å². The molecule has 0 fully saturated rings. The van der Waals surface area contributed by atoms with Crippen LogP contribution in [-0.2, 0) is 0 Å². The lowest BCUT2D eigenvalue weighted by Gasteiger charge is -2.16. The van der Waals surface area contributed by atoms with Gasteiger partial charge in [-0.05, 0) is 24.6 Å². The van der Waals surface area contributed by atoms with Crippen LogP contribution in [0.5, 0.6) is 0 Å². The van der Waals surface area contributed by atoms with Crippen LogP contribution in [-0.4, -0.2) is 10.9 Å². The number of hydrogen-bond donors (Lipinski definition) is 2. The molecule has 1 unspecified atom stereocenters. The van der Waals surface area contributed by atoms with Gasteiger partial charge in [0.2, 0.25) is 0 Å². The van der Waals surface area contributed by atoms with E-state index in [1.165, 1.54) is 0 Å². The first-order valence-electron chi connectivity index (χ1n) is 5.94. The molecule has 0 aliphatic rings. The van der Waals surface area contributed by atoms with Gasteiger partial charge in [-0.3, -0.25) is 9.78 Å². The highest BCUT2D eigenvalue weighted by Crippen LogP contribution is 2.24. The van der Waals surface area contributed by atoms with Crippen LogP contribution < -0.4 is 11.1 Å². The Morgan fingerprint density at radius 3 is 2.70 bits per heavy atom. The highest BCUT2D eigenvalue weighted by molar-refractivity contribution is 5.94.